The van der Waals surface area contributed by atoms with Gasteiger partial charge in [-0.05, 0) is 26.7 Å². The first-order valence-electron chi connectivity index (χ1n) is 10.8. The molecule has 0 spiro atoms. The van der Waals surface area contributed by atoms with Crippen LogP contribution in [0.1, 0.15) is 46.5 Å². The van der Waals surface area contributed by atoms with Gasteiger partial charge in [-0.15, -0.1) is 0 Å². The van der Waals surface area contributed by atoms with E-state index in [0.29, 0.717) is 19.5 Å². The van der Waals surface area contributed by atoms with Crippen LogP contribution < -0.4 is 16.8 Å². The van der Waals surface area contributed by atoms with Crippen LogP contribution in [-0.4, -0.2) is 94.6 Å². The van der Waals surface area contributed by atoms with E-state index in [9.17, 15) is 24.0 Å². The SMILES string of the molecule is CCC[C@@H]1NCCN([C@@H](C)C(=O)N2CCN([C@@H](CCC(N)=O)C(N)=O)C(=O)[C@@H]2C)C1=O. The van der Waals surface area contributed by atoms with Crippen molar-refractivity contribution in [2.24, 2.45) is 11.5 Å². The van der Waals surface area contributed by atoms with Gasteiger partial charge in [0.1, 0.15) is 18.1 Å². The quantitative estimate of drug-likeness (QED) is 0.383. The van der Waals surface area contributed by atoms with Crippen molar-refractivity contribution < 1.29 is 24.0 Å². The number of rotatable bonds is 9. The Bertz CT molecular complexity index is 727. The lowest BCUT2D eigenvalue weighted by atomic mass is 10.0. The Morgan fingerprint density at radius 3 is 2.35 bits per heavy atom. The van der Waals surface area contributed by atoms with Crippen LogP contribution in [0.4, 0.5) is 0 Å². The number of nitrogens with one attached hydrogen (secondary N) is 1. The molecular weight excluding hydrogens is 404 g/mol. The Morgan fingerprint density at radius 1 is 1.10 bits per heavy atom. The molecule has 11 nitrogen and oxygen atoms in total. The van der Waals surface area contributed by atoms with E-state index < -0.39 is 35.8 Å². The van der Waals surface area contributed by atoms with Crippen molar-refractivity contribution in [2.45, 2.75) is 70.6 Å². The van der Waals surface area contributed by atoms with Crippen molar-refractivity contribution in [3.63, 3.8) is 0 Å². The fourth-order valence-corrected chi connectivity index (χ4v) is 4.26. The predicted octanol–water partition coefficient (Wildman–Crippen LogP) is -1.85. The molecule has 0 aromatic heterocycles. The molecule has 2 aliphatic rings. The lowest BCUT2D eigenvalue weighted by Crippen LogP contribution is -2.66. The standard InChI is InChI=1S/C20H34N6O5/c1-4-5-14-20(31)24(9-8-23-14)12(2)18(29)25-10-11-26(19(30)13(25)3)15(17(22)28)6-7-16(21)27/h12-15,23H,4-11H2,1-3H3,(H2,21,27)(H2,22,28)/t12-,13-,14-,15-/m0/s1. The average Bonchev–Trinajstić information content (AvgIpc) is 2.71. The summed E-state index contributed by atoms with van der Waals surface area (Å²) in [7, 11) is 0. The molecule has 0 bridgehead atoms. The molecule has 11 heteroatoms. The maximum absolute atomic E-state index is 13.2. The predicted molar refractivity (Wildman–Crippen MR) is 112 cm³/mol. The topological polar surface area (TPSA) is 159 Å². The molecule has 174 valence electrons. The van der Waals surface area contributed by atoms with Gasteiger partial charge in [0.2, 0.25) is 29.5 Å². The highest BCUT2D eigenvalue weighted by Crippen LogP contribution is 2.20. The summed E-state index contributed by atoms with van der Waals surface area (Å²) in [5.41, 5.74) is 10.6. The van der Waals surface area contributed by atoms with Crippen molar-refractivity contribution in [1.82, 2.24) is 20.0 Å². The van der Waals surface area contributed by atoms with Crippen LogP contribution in [0, 0.1) is 0 Å². The lowest BCUT2D eigenvalue weighted by Gasteiger charge is -2.44. The Labute approximate surface area is 182 Å². The van der Waals surface area contributed by atoms with Crippen molar-refractivity contribution in [1.29, 1.82) is 0 Å². The fraction of sp³-hybridized carbons (Fsp3) is 0.750. The van der Waals surface area contributed by atoms with E-state index in [1.54, 1.807) is 18.7 Å². The van der Waals surface area contributed by atoms with E-state index >= 15 is 0 Å². The van der Waals surface area contributed by atoms with Crippen LogP contribution in [0.15, 0.2) is 0 Å². The summed E-state index contributed by atoms with van der Waals surface area (Å²) in [6.45, 7) is 6.61. The van der Waals surface area contributed by atoms with Crippen molar-refractivity contribution in [3.05, 3.63) is 0 Å². The monoisotopic (exact) mass is 438 g/mol. The Morgan fingerprint density at radius 2 is 1.77 bits per heavy atom. The summed E-state index contributed by atoms with van der Waals surface area (Å²) in [5, 5.41) is 3.18. The highest BCUT2D eigenvalue weighted by atomic mass is 16.2. The van der Waals surface area contributed by atoms with Gasteiger partial charge in [-0.2, -0.15) is 0 Å². The molecule has 2 aliphatic heterocycles. The zero-order valence-electron chi connectivity index (χ0n) is 18.5. The minimum Gasteiger partial charge on any atom is -0.370 e. The Balaban J connectivity index is 2.09. The molecule has 2 heterocycles. The molecule has 2 rings (SSSR count). The van der Waals surface area contributed by atoms with E-state index in [1.807, 2.05) is 6.92 Å². The molecule has 5 amide bonds. The van der Waals surface area contributed by atoms with Gasteiger partial charge >= 0.3 is 0 Å². The smallest absolute Gasteiger partial charge is 0.245 e. The average molecular weight is 439 g/mol. The summed E-state index contributed by atoms with van der Waals surface area (Å²) in [6.07, 6.45) is 1.52. The maximum atomic E-state index is 13.2. The fourth-order valence-electron chi connectivity index (χ4n) is 4.26. The first-order chi connectivity index (χ1) is 14.6. The van der Waals surface area contributed by atoms with E-state index in [-0.39, 0.29) is 43.8 Å². The summed E-state index contributed by atoms with van der Waals surface area (Å²) in [6, 6.07) is -2.77. The second kappa shape index (κ2) is 10.6. The molecule has 0 aromatic carbocycles. The van der Waals surface area contributed by atoms with E-state index in [4.69, 9.17) is 11.5 Å². The van der Waals surface area contributed by atoms with Gasteiger partial charge in [0.05, 0.1) is 6.04 Å². The van der Waals surface area contributed by atoms with Gasteiger partial charge in [-0.25, -0.2) is 0 Å². The Kier molecular flexibility index (Phi) is 8.37. The zero-order chi connectivity index (χ0) is 23.3. The number of primary amides is 2. The number of carbonyl (C=O) groups excluding carboxylic acids is 5. The minimum absolute atomic E-state index is 0.0432. The summed E-state index contributed by atoms with van der Waals surface area (Å²) in [5.74, 6) is -2.14. The molecule has 0 saturated carbocycles. The minimum atomic E-state index is -0.957. The molecule has 5 N–H and O–H groups in total. The van der Waals surface area contributed by atoms with Gasteiger partial charge < -0.3 is 31.5 Å². The van der Waals surface area contributed by atoms with E-state index in [0.717, 1.165) is 6.42 Å². The summed E-state index contributed by atoms with van der Waals surface area (Å²) in [4.78, 5) is 66.2. The summed E-state index contributed by atoms with van der Waals surface area (Å²) < 4.78 is 0. The van der Waals surface area contributed by atoms with Crippen LogP contribution in [0.25, 0.3) is 0 Å². The number of nitrogens with zero attached hydrogens (tertiary/aromatic N) is 3. The first-order valence-corrected chi connectivity index (χ1v) is 10.8. The normalized spacial score (nSPS) is 24.2. The third kappa shape index (κ3) is 5.52. The maximum Gasteiger partial charge on any atom is 0.245 e. The van der Waals surface area contributed by atoms with Crippen LogP contribution in [0.5, 0.6) is 0 Å². The number of piperazine rings is 2. The van der Waals surface area contributed by atoms with Crippen LogP contribution >= 0.6 is 0 Å². The van der Waals surface area contributed by atoms with E-state index in [2.05, 4.69) is 5.32 Å². The van der Waals surface area contributed by atoms with Gasteiger partial charge in [-0.1, -0.05) is 13.3 Å². The van der Waals surface area contributed by atoms with Crippen LogP contribution in [0.3, 0.4) is 0 Å². The number of nitrogens with two attached hydrogens (primary N) is 2. The van der Waals surface area contributed by atoms with Gasteiger partial charge in [-0.3, -0.25) is 24.0 Å². The molecule has 2 saturated heterocycles. The summed E-state index contributed by atoms with van der Waals surface area (Å²) >= 11 is 0. The molecule has 31 heavy (non-hydrogen) atoms. The number of carbonyl (C=O) groups is 5. The molecule has 0 unspecified atom stereocenters. The largest absolute Gasteiger partial charge is 0.370 e. The molecule has 4 atom stereocenters. The molecule has 2 fully saturated rings. The third-order valence-electron chi connectivity index (χ3n) is 6.07. The second-order valence-electron chi connectivity index (χ2n) is 8.17. The van der Waals surface area contributed by atoms with E-state index in [1.165, 1.54) is 9.80 Å². The number of hydrogen-bond acceptors (Lipinski definition) is 6. The highest BCUT2D eigenvalue weighted by Gasteiger charge is 2.42. The van der Waals surface area contributed by atoms with Crippen LogP contribution in [-0.2, 0) is 24.0 Å². The number of amides is 5. The van der Waals surface area contributed by atoms with Gasteiger partial charge in [0.25, 0.3) is 0 Å². The van der Waals surface area contributed by atoms with Crippen molar-refractivity contribution in [3.8, 4) is 0 Å². The third-order valence-corrected chi connectivity index (χ3v) is 6.07. The second-order valence-corrected chi connectivity index (χ2v) is 8.17. The van der Waals surface area contributed by atoms with Gasteiger partial charge in [0.15, 0.2) is 0 Å². The molecular formula is C20H34N6O5. The number of hydrogen-bond donors (Lipinski definition) is 3. The molecule has 0 aliphatic carbocycles. The van der Waals surface area contributed by atoms with Crippen LogP contribution in [0.2, 0.25) is 0 Å². The first kappa shape index (κ1) is 24.6. The lowest BCUT2D eigenvalue weighted by molar-refractivity contribution is -0.159. The molecule has 0 aromatic rings. The molecule has 0 radical (unpaired) electrons. The van der Waals surface area contributed by atoms with Crippen molar-refractivity contribution >= 4 is 29.5 Å². The van der Waals surface area contributed by atoms with Gasteiger partial charge in [0, 0.05) is 32.6 Å². The highest BCUT2D eigenvalue weighted by molar-refractivity contribution is 5.95. The van der Waals surface area contributed by atoms with Crippen molar-refractivity contribution in [2.75, 3.05) is 26.2 Å². The Hall–Kier alpha value is -2.69. The zero-order valence-corrected chi connectivity index (χ0v) is 18.5.